The molecule has 0 nitrogen and oxygen atoms in total. The van der Waals surface area contributed by atoms with Crippen LogP contribution in [0.25, 0.3) is 0 Å². The molecule has 0 unspecified atom stereocenters. The van der Waals surface area contributed by atoms with Gasteiger partial charge in [-0.3, -0.25) is 0 Å². The maximum absolute atomic E-state index is 11.9. The second-order valence-electron chi connectivity index (χ2n) is 2.54. The summed E-state index contributed by atoms with van der Waals surface area (Å²) in [5, 5.41) is 0.399. The maximum atomic E-state index is 11.9. The lowest BCUT2D eigenvalue weighted by atomic mass is 10.1. The second-order valence-corrected chi connectivity index (χ2v) is 3.35. The van der Waals surface area contributed by atoms with Crippen molar-refractivity contribution in [3.8, 4) is 0 Å². The average Bonchev–Trinajstić information content (AvgIpc) is 1.94. The third-order valence-electron chi connectivity index (χ3n) is 1.39. The highest BCUT2D eigenvalue weighted by molar-refractivity contribution is 6.42. The van der Waals surface area contributed by atoms with Gasteiger partial charge in [-0.05, 0) is 17.7 Å². The van der Waals surface area contributed by atoms with E-state index in [0.29, 0.717) is 0 Å². The van der Waals surface area contributed by atoms with Crippen molar-refractivity contribution in [3.63, 3.8) is 0 Å². The first kappa shape index (κ1) is 10.7. The quantitative estimate of drug-likeness (QED) is 0.679. The summed E-state index contributed by atoms with van der Waals surface area (Å²) in [5.41, 5.74) is 0.113. The Labute approximate surface area is 83.3 Å². The Bertz CT molecular complexity index is 307. The van der Waals surface area contributed by atoms with Crippen LogP contribution in [0.5, 0.6) is 0 Å². The van der Waals surface area contributed by atoms with Gasteiger partial charge in [-0.25, -0.2) is 0 Å². The van der Waals surface area contributed by atoms with Gasteiger partial charge in [-0.15, -0.1) is 0 Å². The van der Waals surface area contributed by atoms with Crippen LogP contribution in [0.1, 0.15) is 5.56 Å². The van der Waals surface area contributed by atoms with E-state index in [-0.39, 0.29) is 15.6 Å². The molecule has 0 heterocycles. The van der Waals surface area contributed by atoms with Crippen LogP contribution in [-0.4, -0.2) is 6.18 Å². The summed E-state index contributed by atoms with van der Waals surface area (Å²) in [6, 6.07) is 3.88. The number of halogens is 5. The molecule has 0 fully saturated rings. The zero-order valence-electron chi connectivity index (χ0n) is 6.33. The van der Waals surface area contributed by atoms with E-state index in [1.807, 2.05) is 0 Å². The van der Waals surface area contributed by atoms with E-state index in [4.69, 9.17) is 23.2 Å². The van der Waals surface area contributed by atoms with Gasteiger partial charge in [0.25, 0.3) is 0 Å². The topological polar surface area (TPSA) is 0 Å². The lowest BCUT2D eigenvalue weighted by molar-refractivity contribution is -0.127. The Balaban J connectivity index is 2.86. The van der Waals surface area contributed by atoms with Gasteiger partial charge in [0.15, 0.2) is 0 Å². The summed E-state index contributed by atoms with van der Waals surface area (Å²) >= 11 is 11.1. The molecule has 0 aromatic heterocycles. The molecule has 1 rings (SSSR count). The van der Waals surface area contributed by atoms with Gasteiger partial charge < -0.3 is 0 Å². The van der Waals surface area contributed by atoms with Gasteiger partial charge in [0.2, 0.25) is 0 Å². The highest BCUT2D eigenvalue weighted by atomic mass is 35.5. The van der Waals surface area contributed by atoms with Crippen molar-refractivity contribution < 1.29 is 13.2 Å². The Morgan fingerprint density at radius 1 is 1.08 bits per heavy atom. The molecule has 0 atom stereocenters. The van der Waals surface area contributed by atoms with Gasteiger partial charge in [0.1, 0.15) is 0 Å². The molecule has 0 aliphatic heterocycles. The van der Waals surface area contributed by atoms with Crippen molar-refractivity contribution >= 4 is 23.2 Å². The van der Waals surface area contributed by atoms with Crippen LogP contribution < -0.4 is 0 Å². The van der Waals surface area contributed by atoms with Gasteiger partial charge in [0, 0.05) is 0 Å². The van der Waals surface area contributed by atoms with Crippen molar-refractivity contribution in [1.82, 2.24) is 0 Å². The molecule has 0 N–H and O–H groups in total. The van der Waals surface area contributed by atoms with Crippen molar-refractivity contribution in [3.05, 3.63) is 33.8 Å². The normalized spacial score (nSPS) is 11.8. The Hall–Kier alpha value is -0.410. The number of hydrogen-bond acceptors (Lipinski definition) is 0. The number of benzene rings is 1. The summed E-state index contributed by atoms with van der Waals surface area (Å²) in [6.07, 6.45) is -5.19. The van der Waals surface area contributed by atoms with Crippen molar-refractivity contribution in [2.45, 2.75) is 12.6 Å². The van der Waals surface area contributed by atoms with Crippen LogP contribution >= 0.6 is 23.2 Å². The fraction of sp³-hybridized carbons (Fsp3) is 0.250. The van der Waals surface area contributed by atoms with Crippen LogP contribution in [0.15, 0.2) is 18.2 Å². The molecule has 1 aromatic carbocycles. The zero-order chi connectivity index (χ0) is 10.1. The molecule has 0 bridgehead atoms. The molecule has 72 valence electrons. The number of alkyl halides is 3. The van der Waals surface area contributed by atoms with Crippen LogP contribution in [0.2, 0.25) is 10.0 Å². The molecule has 0 saturated carbocycles. The van der Waals surface area contributed by atoms with Crippen LogP contribution in [0.4, 0.5) is 13.2 Å². The minimum Gasteiger partial charge on any atom is -0.171 e. The SMILES string of the molecule is FC(F)(F)Cc1ccc(Cl)c(Cl)c1. The first-order valence-corrected chi connectivity index (χ1v) is 4.15. The van der Waals surface area contributed by atoms with Crippen LogP contribution in [0.3, 0.4) is 0 Å². The molecule has 1 aromatic rings. The third-order valence-corrected chi connectivity index (χ3v) is 2.13. The second kappa shape index (κ2) is 3.76. The summed E-state index contributed by atoms with van der Waals surface area (Å²) in [4.78, 5) is 0. The molecular weight excluding hydrogens is 224 g/mol. The van der Waals surface area contributed by atoms with Crippen molar-refractivity contribution in [2.24, 2.45) is 0 Å². The molecule has 0 spiro atoms. The van der Waals surface area contributed by atoms with E-state index in [2.05, 4.69) is 0 Å². The minimum absolute atomic E-state index is 0.113. The van der Waals surface area contributed by atoms with Crippen LogP contribution in [0, 0.1) is 0 Å². The molecule has 0 aliphatic rings. The Kier molecular flexibility index (Phi) is 3.09. The Morgan fingerprint density at radius 3 is 2.15 bits per heavy atom. The predicted molar refractivity (Wildman–Crippen MR) is 46.2 cm³/mol. The fourth-order valence-electron chi connectivity index (χ4n) is 0.881. The van der Waals surface area contributed by atoms with E-state index < -0.39 is 12.6 Å². The van der Waals surface area contributed by atoms with E-state index in [1.54, 1.807) is 0 Å². The first-order chi connectivity index (χ1) is 5.88. The average molecular weight is 229 g/mol. The van der Waals surface area contributed by atoms with E-state index in [1.165, 1.54) is 18.2 Å². The highest BCUT2D eigenvalue weighted by Gasteiger charge is 2.27. The molecule has 0 aliphatic carbocycles. The maximum Gasteiger partial charge on any atom is 0.393 e. The first-order valence-electron chi connectivity index (χ1n) is 3.39. The van der Waals surface area contributed by atoms with Gasteiger partial charge in [0.05, 0.1) is 16.5 Å². The molecular formula is C8H5Cl2F3. The molecule has 0 radical (unpaired) electrons. The third kappa shape index (κ3) is 3.44. The van der Waals surface area contributed by atoms with E-state index in [0.717, 1.165) is 0 Å². The summed E-state index contributed by atoms with van der Waals surface area (Å²) in [7, 11) is 0. The number of hydrogen-bond donors (Lipinski definition) is 0. The molecule has 13 heavy (non-hydrogen) atoms. The van der Waals surface area contributed by atoms with Crippen molar-refractivity contribution in [2.75, 3.05) is 0 Å². The molecule has 0 amide bonds. The summed E-state index contributed by atoms with van der Waals surface area (Å²) < 4.78 is 35.7. The lowest BCUT2D eigenvalue weighted by Crippen LogP contribution is -2.11. The molecule has 0 saturated heterocycles. The predicted octanol–water partition coefficient (Wildman–Crippen LogP) is 4.10. The van der Waals surface area contributed by atoms with Gasteiger partial charge in [-0.2, -0.15) is 13.2 Å². The standard InChI is InChI=1S/C8H5Cl2F3/c9-6-2-1-5(3-7(6)10)4-8(11,12)13/h1-3H,4H2. The monoisotopic (exact) mass is 228 g/mol. The lowest BCUT2D eigenvalue weighted by Gasteiger charge is -2.06. The van der Waals surface area contributed by atoms with Crippen molar-refractivity contribution in [1.29, 1.82) is 0 Å². The van der Waals surface area contributed by atoms with E-state index >= 15 is 0 Å². The summed E-state index contributed by atoms with van der Waals surface area (Å²) in [6.45, 7) is 0. The van der Waals surface area contributed by atoms with E-state index in [9.17, 15) is 13.2 Å². The Morgan fingerprint density at radius 2 is 1.69 bits per heavy atom. The summed E-state index contributed by atoms with van der Waals surface area (Å²) in [5.74, 6) is 0. The fourth-order valence-corrected chi connectivity index (χ4v) is 1.20. The van der Waals surface area contributed by atoms with Gasteiger partial charge in [-0.1, -0.05) is 29.3 Å². The smallest absolute Gasteiger partial charge is 0.171 e. The molecule has 5 heteroatoms. The zero-order valence-corrected chi connectivity index (χ0v) is 7.84. The largest absolute Gasteiger partial charge is 0.393 e. The minimum atomic E-state index is -4.21. The van der Waals surface area contributed by atoms with Gasteiger partial charge >= 0.3 is 6.18 Å². The van der Waals surface area contributed by atoms with Crippen LogP contribution in [-0.2, 0) is 6.42 Å². The number of rotatable bonds is 1. The highest BCUT2D eigenvalue weighted by Crippen LogP contribution is 2.26.